The molecule has 0 saturated carbocycles. The topological polar surface area (TPSA) is 87.8 Å². The van der Waals surface area contributed by atoms with E-state index in [4.69, 9.17) is 9.47 Å². The molecule has 1 aliphatic heterocycles. The summed E-state index contributed by atoms with van der Waals surface area (Å²) < 4.78 is 10.6. The molecule has 2 aromatic rings. The number of nitrogens with one attached hydrogen (secondary N) is 1. The Balaban J connectivity index is 1.72. The number of fused-ring (bicyclic) bond motifs is 1. The van der Waals surface area contributed by atoms with E-state index < -0.39 is 5.60 Å². The van der Waals surface area contributed by atoms with Gasteiger partial charge in [0.1, 0.15) is 17.1 Å². The standard InChI is InChI=1S/C20H28N4O4/c1-6-27-18(25)16-13(2)21-17-14(16)7-8-15(22-17)23-9-11-24(12-10-23)19(26)28-20(3,4)5/h7-8H,6,9-12H2,1-5H3,(H,21,22). The number of carbonyl (C=O) groups is 2. The molecule has 1 amide bonds. The third kappa shape index (κ3) is 4.21. The zero-order valence-corrected chi connectivity index (χ0v) is 17.2. The molecule has 28 heavy (non-hydrogen) atoms. The Hall–Kier alpha value is -2.77. The van der Waals surface area contributed by atoms with E-state index in [9.17, 15) is 9.59 Å². The van der Waals surface area contributed by atoms with Gasteiger partial charge in [0.05, 0.1) is 12.2 Å². The Bertz CT molecular complexity index is 876. The van der Waals surface area contributed by atoms with Gasteiger partial charge in [-0.3, -0.25) is 0 Å². The SMILES string of the molecule is CCOC(=O)c1c(C)[nH]c2nc(N3CCN(C(=O)OC(C)(C)C)CC3)ccc12. The maximum atomic E-state index is 12.2. The van der Waals surface area contributed by atoms with Gasteiger partial charge in [-0.25, -0.2) is 14.6 Å². The summed E-state index contributed by atoms with van der Waals surface area (Å²) in [7, 11) is 0. The van der Waals surface area contributed by atoms with Crippen LogP contribution in [0.3, 0.4) is 0 Å². The van der Waals surface area contributed by atoms with Crippen LogP contribution in [0.15, 0.2) is 12.1 Å². The van der Waals surface area contributed by atoms with Gasteiger partial charge in [0, 0.05) is 37.3 Å². The molecule has 1 aliphatic rings. The number of carbonyl (C=O) groups excluding carboxylic acids is 2. The second-order valence-corrected chi connectivity index (χ2v) is 7.87. The van der Waals surface area contributed by atoms with Crippen molar-refractivity contribution in [1.29, 1.82) is 0 Å². The predicted octanol–water partition coefficient (Wildman–Crippen LogP) is 3.11. The van der Waals surface area contributed by atoms with E-state index >= 15 is 0 Å². The van der Waals surface area contributed by atoms with Crippen molar-refractivity contribution in [1.82, 2.24) is 14.9 Å². The first-order valence-corrected chi connectivity index (χ1v) is 9.59. The van der Waals surface area contributed by atoms with Gasteiger partial charge in [-0.15, -0.1) is 0 Å². The monoisotopic (exact) mass is 388 g/mol. The minimum absolute atomic E-state index is 0.283. The summed E-state index contributed by atoms with van der Waals surface area (Å²) in [6, 6.07) is 3.80. The van der Waals surface area contributed by atoms with Crippen molar-refractivity contribution in [3.05, 3.63) is 23.4 Å². The number of H-pyrrole nitrogens is 1. The molecule has 0 unspecified atom stereocenters. The Morgan fingerprint density at radius 1 is 1.18 bits per heavy atom. The first kappa shape index (κ1) is 20.0. The second kappa shape index (κ2) is 7.69. The van der Waals surface area contributed by atoms with Gasteiger partial charge in [-0.1, -0.05) is 0 Å². The largest absolute Gasteiger partial charge is 0.462 e. The smallest absolute Gasteiger partial charge is 0.410 e. The van der Waals surface area contributed by atoms with Gasteiger partial charge in [-0.2, -0.15) is 0 Å². The molecule has 0 aromatic carbocycles. The van der Waals surface area contributed by atoms with Gasteiger partial charge in [0.25, 0.3) is 0 Å². The summed E-state index contributed by atoms with van der Waals surface area (Å²) in [5.41, 5.74) is 1.44. The average molecular weight is 388 g/mol. The minimum atomic E-state index is -0.497. The quantitative estimate of drug-likeness (QED) is 0.813. The molecule has 3 rings (SSSR count). The van der Waals surface area contributed by atoms with Gasteiger partial charge in [0.2, 0.25) is 0 Å². The highest BCUT2D eigenvalue weighted by Crippen LogP contribution is 2.25. The van der Waals surface area contributed by atoms with Crippen LogP contribution in [0, 0.1) is 6.92 Å². The Kier molecular flexibility index (Phi) is 5.49. The van der Waals surface area contributed by atoms with Crippen LogP contribution in [-0.4, -0.2) is 65.3 Å². The number of hydrogen-bond donors (Lipinski definition) is 1. The van der Waals surface area contributed by atoms with E-state index in [-0.39, 0.29) is 12.1 Å². The van der Waals surface area contributed by atoms with Crippen LogP contribution in [0.1, 0.15) is 43.7 Å². The van der Waals surface area contributed by atoms with E-state index in [2.05, 4.69) is 14.9 Å². The summed E-state index contributed by atoms with van der Waals surface area (Å²) >= 11 is 0. The zero-order valence-electron chi connectivity index (χ0n) is 17.2. The van der Waals surface area contributed by atoms with Crippen LogP contribution in [0.5, 0.6) is 0 Å². The third-order valence-corrected chi connectivity index (χ3v) is 4.57. The second-order valence-electron chi connectivity index (χ2n) is 7.87. The summed E-state index contributed by atoms with van der Waals surface area (Å²) in [4.78, 5) is 36.1. The normalized spacial score (nSPS) is 15.0. The molecule has 1 N–H and O–H groups in total. The van der Waals surface area contributed by atoms with Crippen LogP contribution in [0.4, 0.5) is 10.6 Å². The number of pyridine rings is 1. The Labute approximate surface area is 164 Å². The van der Waals surface area contributed by atoms with Crippen molar-refractivity contribution in [3.63, 3.8) is 0 Å². The van der Waals surface area contributed by atoms with E-state index in [1.165, 1.54) is 0 Å². The molecule has 8 heteroatoms. The fourth-order valence-corrected chi connectivity index (χ4v) is 3.28. The number of hydrogen-bond acceptors (Lipinski definition) is 6. The number of ether oxygens (including phenoxy) is 2. The van der Waals surface area contributed by atoms with E-state index in [0.717, 1.165) is 16.9 Å². The lowest BCUT2D eigenvalue weighted by atomic mass is 10.1. The van der Waals surface area contributed by atoms with E-state index in [1.54, 1.807) is 11.8 Å². The molecule has 1 saturated heterocycles. The fraction of sp³-hybridized carbons (Fsp3) is 0.550. The highest BCUT2D eigenvalue weighted by atomic mass is 16.6. The van der Waals surface area contributed by atoms with Crippen molar-refractivity contribution in [2.45, 2.75) is 40.2 Å². The lowest BCUT2D eigenvalue weighted by Crippen LogP contribution is -2.50. The predicted molar refractivity (Wildman–Crippen MR) is 107 cm³/mol. The number of anilines is 1. The summed E-state index contributed by atoms with van der Waals surface area (Å²) in [5, 5.41) is 0.757. The van der Waals surface area contributed by atoms with Crippen molar-refractivity contribution in [2.24, 2.45) is 0 Å². The Morgan fingerprint density at radius 3 is 2.46 bits per heavy atom. The molecule has 2 aromatic heterocycles. The summed E-state index contributed by atoms with van der Waals surface area (Å²) in [6.45, 7) is 12.0. The number of nitrogens with zero attached hydrogens (tertiary/aromatic N) is 3. The first-order chi connectivity index (χ1) is 13.2. The van der Waals surface area contributed by atoms with Crippen LogP contribution in [0.2, 0.25) is 0 Å². The van der Waals surface area contributed by atoms with E-state index in [1.807, 2.05) is 39.8 Å². The van der Waals surface area contributed by atoms with Crippen LogP contribution in [0.25, 0.3) is 11.0 Å². The van der Waals surface area contributed by atoms with Crippen molar-refractivity contribution < 1.29 is 19.1 Å². The van der Waals surface area contributed by atoms with Crippen LogP contribution < -0.4 is 4.90 Å². The summed E-state index contributed by atoms with van der Waals surface area (Å²) in [5.74, 6) is 0.472. The van der Waals surface area contributed by atoms with E-state index in [0.29, 0.717) is 44.0 Å². The fourth-order valence-electron chi connectivity index (χ4n) is 3.28. The zero-order chi connectivity index (χ0) is 20.5. The molecule has 0 atom stereocenters. The van der Waals surface area contributed by atoms with Gasteiger partial charge >= 0.3 is 12.1 Å². The number of aromatic amines is 1. The third-order valence-electron chi connectivity index (χ3n) is 4.57. The molecule has 0 radical (unpaired) electrons. The van der Waals surface area contributed by atoms with Crippen LogP contribution >= 0.6 is 0 Å². The number of aromatic nitrogens is 2. The minimum Gasteiger partial charge on any atom is -0.462 e. The molecule has 152 valence electrons. The summed E-state index contributed by atoms with van der Waals surface area (Å²) in [6.07, 6.45) is -0.283. The van der Waals surface area contributed by atoms with Crippen molar-refractivity contribution in [3.8, 4) is 0 Å². The highest BCUT2D eigenvalue weighted by Gasteiger charge is 2.27. The molecule has 0 bridgehead atoms. The van der Waals surface area contributed by atoms with Gasteiger partial charge < -0.3 is 24.3 Å². The number of piperazine rings is 1. The van der Waals surface area contributed by atoms with Gasteiger partial charge in [0.15, 0.2) is 0 Å². The Morgan fingerprint density at radius 2 is 1.86 bits per heavy atom. The van der Waals surface area contributed by atoms with Crippen LogP contribution in [-0.2, 0) is 9.47 Å². The number of rotatable bonds is 3. The number of amides is 1. The number of esters is 1. The lowest BCUT2D eigenvalue weighted by molar-refractivity contribution is 0.0240. The molecular formula is C20H28N4O4. The molecular weight excluding hydrogens is 360 g/mol. The molecule has 0 aliphatic carbocycles. The van der Waals surface area contributed by atoms with Crippen molar-refractivity contribution >= 4 is 28.9 Å². The van der Waals surface area contributed by atoms with Crippen molar-refractivity contribution in [2.75, 3.05) is 37.7 Å². The van der Waals surface area contributed by atoms with Gasteiger partial charge in [-0.05, 0) is 46.8 Å². The maximum Gasteiger partial charge on any atom is 0.410 e. The maximum absolute atomic E-state index is 12.2. The number of aryl methyl sites for hydroxylation is 1. The molecule has 8 nitrogen and oxygen atoms in total. The molecule has 0 spiro atoms. The molecule has 3 heterocycles. The average Bonchev–Trinajstić information content (AvgIpc) is 2.95. The highest BCUT2D eigenvalue weighted by molar-refractivity contribution is 6.04. The molecule has 1 fully saturated rings. The lowest BCUT2D eigenvalue weighted by Gasteiger charge is -2.36. The first-order valence-electron chi connectivity index (χ1n) is 9.59.